The molecule has 1 saturated heterocycles. The molecule has 0 spiro atoms. The number of likely N-dealkylation sites (tertiary alicyclic amines) is 1. The molecule has 0 atom stereocenters. The van der Waals surface area contributed by atoms with Crippen molar-refractivity contribution in [2.45, 2.75) is 25.7 Å². The van der Waals surface area contributed by atoms with Crippen LogP contribution in [0.3, 0.4) is 0 Å². The Hall–Kier alpha value is -3.36. The molecule has 0 radical (unpaired) electrons. The van der Waals surface area contributed by atoms with E-state index in [0.29, 0.717) is 18.3 Å². The second kappa shape index (κ2) is 11.4. The van der Waals surface area contributed by atoms with Crippen molar-refractivity contribution in [1.29, 1.82) is 0 Å². The zero-order chi connectivity index (χ0) is 23.9. The summed E-state index contributed by atoms with van der Waals surface area (Å²) >= 11 is 1.74. The first-order chi connectivity index (χ1) is 17.3. The van der Waals surface area contributed by atoms with Crippen LogP contribution < -0.4 is 20.1 Å². The van der Waals surface area contributed by atoms with E-state index in [4.69, 9.17) is 9.47 Å². The van der Waals surface area contributed by atoms with Crippen molar-refractivity contribution in [3.63, 3.8) is 0 Å². The minimum Gasteiger partial charge on any atom is -0.493 e. The molecular formula is C27H31N5O2S. The maximum atomic E-state index is 6.01. The Kier molecular flexibility index (Phi) is 7.60. The highest BCUT2D eigenvalue weighted by Crippen LogP contribution is 2.31. The first kappa shape index (κ1) is 23.4. The van der Waals surface area contributed by atoms with Gasteiger partial charge in [-0.15, -0.1) is 11.3 Å². The van der Waals surface area contributed by atoms with Gasteiger partial charge in [-0.25, -0.2) is 4.98 Å². The number of piperidine rings is 1. The van der Waals surface area contributed by atoms with Gasteiger partial charge in [0.2, 0.25) is 5.95 Å². The molecule has 0 unspecified atom stereocenters. The minimum atomic E-state index is 0.504. The van der Waals surface area contributed by atoms with Crippen LogP contribution in [0, 0.1) is 0 Å². The summed E-state index contributed by atoms with van der Waals surface area (Å²) in [6, 6.07) is 16.1. The second-order valence-electron chi connectivity index (χ2n) is 8.66. The third kappa shape index (κ3) is 6.21. The molecule has 1 aliphatic rings. The monoisotopic (exact) mass is 489 g/mol. The first-order valence-corrected chi connectivity index (χ1v) is 13.0. The van der Waals surface area contributed by atoms with Crippen molar-refractivity contribution < 1.29 is 9.47 Å². The summed E-state index contributed by atoms with van der Waals surface area (Å²) in [7, 11) is 1.66. The number of benzene rings is 2. The number of aromatic nitrogens is 2. The van der Waals surface area contributed by atoms with Crippen molar-refractivity contribution in [3.8, 4) is 11.5 Å². The van der Waals surface area contributed by atoms with Crippen LogP contribution in [-0.4, -0.2) is 48.2 Å². The lowest BCUT2D eigenvalue weighted by molar-refractivity contribution is 0.203. The van der Waals surface area contributed by atoms with Crippen LogP contribution in [-0.2, 0) is 0 Å². The summed E-state index contributed by atoms with van der Waals surface area (Å²) < 4.78 is 12.9. The summed E-state index contributed by atoms with van der Waals surface area (Å²) in [6.45, 7) is 4.19. The minimum absolute atomic E-state index is 0.504. The SMILES string of the molecule is COc1cc(Nc2nccc(Nc3ccc4sccc4c3)n2)ccc1OCCCN1CCCCC1. The highest BCUT2D eigenvalue weighted by atomic mass is 32.1. The largest absolute Gasteiger partial charge is 0.493 e. The highest BCUT2D eigenvalue weighted by molar-refractivity contribution is 7.17. The predicted molar refractivity (Wildman–Crippen MR) is 144 cm³/mol. The van der Waals surface area contributed by atoms with E-state index in [2.05, 4.69) is 55.1 Å². The van der Waals surface area contributed by atoms with Crippen LogP contribution >= 0.6 is 11.3 Å². The summed E-state index contributed by atoms with van der Waals surface area (Å²) in [5.74, 6) is 2.66. The van der Waals surface area contributed by atoms with Gasteiger partial charge in [-0.1, -0.05) is 6.42 Å². The van der Waals surface area contributed by atoms with Crippen molar-refractivity contribution in [2.75, 3.05) is 44.0 Å². The smallest absolute Gasteiger partial charge is 0.229 e. The summed E-state index contributed by atoms with van der Waals surface area (Å²) in [4.78, 5) is 11.5. The number of nitrogens with zero attached hydrogens (tertiary/aromatic N) is 3. The van der Waals surface area contributed by atoms with Crippen molar-refractivity contribution in [3.05, 3.63) is 60.1 Å². The molecule has 2 aromatic heterocycles. The molecule has 7 nitrogen and oxygen atoms in total. The van der Waals surface area contributed by atoms with Crippen LogP contribution in [0.25, 0.3) is 10.1 Å². The van der Waals surface area contributed by atoms with Crippen molar-refractivity contribution >= 4 is 44.6 Å². The molecule has 4 aromatic rings. The lowest BCUT2D eigenvalue weighted by atomic mass is 10.1. The van der Waals surface area contributed by atoms with E-state index in [1.807, 2.05) is 24.3 Å². The van der Waals surface area contributed by atoms with E-state index in [1.54, 1.807) is 24.6 Å². The Balaban J connectivity index is 1.18. The van der Waals surface area contributed by atoms with Gasteiger partial charge in [0, 0.05) is 34.9 Å². The molecule has 0 aliphatic carbocycles. The van der Waals surface area contributed by atoms with Gasteiger partial charge in [0.1, 0.15) is 5.82 Å². The molecule has 1 aliphatic heterocycles. The number of ether oxygens (including phenoxy) is 2. The van der Waals surface area contributed by atoms with Crippen LogP contribution in [0.1, 0.15) is 25.7 Å². The van der Waals surface area contributed by atoms with Gasteiger partial charge in [0.25, 0.3) is 0 Å². The molecule has 3 heterocycles. The van der Waals surface area contributed by atoms with Crippen LogP contribution in [0.5, 0.6) is 11.5 Å². The Morgan fingerprint density at radius 2 is 1.80 bits per heavy atom. The van der Waals surface area contributed by atoms with E-state index in [-0.39, 0.29) is 0 Å². The number of hydrogen-bond donors (Lipinski definition) is 2. The average molecular weight is 490 g/mol. The van der Waals surface area contributed by atoms with Crippen LogP contribution in [0.15, 0.2) is 60.1 Å². The fourth-order valence-electron chi connectivity index (χ4n) is 4.33. The molecule has 2 N–H and O–H groups in total. The maximum absolute atomic E-state index is 6.01. The molecule has 5 rings (SSSR count). The molecule has 8 heteroatoms. The normalized spacial score (nSPS) is 14.1. The topological polar surface area (TPSA) is 71.5 Å². The molecule has 0 amide bonds. The first-order valence-electron chi connectivity index (χ1n) is 12.1. The van der Waals surface area contributed by atoms with E-state index >= 15 is 0 Å². The van der Waals surface area contributed by atoms with Crippen molar-refractivity contribution in [1.82, 2.24) is 14.9 Å². The standard InChI is InChI=1S/C27H31N5O2S/c1-33-24-19-22(6-8-23(24)34-16-5-15-32-13-3-2-4-14-32)30-27-28-12-10-26(31-27)29-21-7-9-25-20(18-21)11-17-35-25/h6-12,17-19H,2-5,13-16H2,1H3,(H2,28,29,30,31). The van der Waals surface area contributed by atoms with Gasteiger partial charge < -0.3 is 25.0 Å². The quantitative estimate of drug-likeness (QED) is 0.248. The van der Waals surface area contributed by atoms with Gasteiger partial charge in [-0.3, -0.25) is 0 Å². The zero-order valence-electron chi connectivity index (χ0n) is 20.0. The maximum Gasteiger partial charge on any atom is 0.229 e. The van der Waals surface area contributed by atoms with E-state index in [9.17, 15) is 0 Å². The Labute approximate surface area is 210 Å². The van der Waals surface area contributed by atoms with E-state index < -0.39 is 0 Å². The molecule has 1 fully saturated rings. The summed E-state index contributed by atoms with van der Waals surface area (Å²) in [6.07, 6.45) is 6.74. The number of rotatable bonds is 10. The van der Waals surface area contributed by atoms with Crippen LogP contribution in [0.4, 0.5) is 23.1 Å². The predicted octanol–water partition coefficient (Wildman–Crippen LogP) is 6.44. The van der Waals surface area contributed by atoms with E-state index in [1.165, 1.54) is 42.4 Å². The zero-order valence-corrected chi connectivity index (χ0v) is 20.8. The fraction of sp³-hybridized carbons (Fsp3) is 0.333. The number of thiophene rings is 1. The number of fused-ring (bicyclic) bond motifs is 1. The Bertz CT molecular complexity index is 1260. The third-order valence-corrected chi connectivity index (χ3v) is 7.02. The number of methoxy groups -OCH3 is 1. The lowest BCUT2D eigenvalue weighted by Gasteiger charge is -2.26. The van der Waals surface area contributed by atoms with Crippen molar-refractivity contribution in [2.24, 2.45) is 0 Å². The Morgan fingerprint density at radius 3 is 2.69 bits per heavy atom. The number of anilines is 4. The number of hydrogen-bond acceptors (Lipinski definition) is 8. The van der Waals surface area contributed by atoms with Gasteiger partial charge in [-0.2, -0.15) is 4.98 Å². The second-order valence-corrected chi connectivity index (χ2v) is 9.61. The molecule has 0 saturated carbocycles. The average Bonchev–Trinajstić information content (AvgIpc) is 3.36. The molecule has 35 heavy (non-hydrogen) atoms. The van der Waals surface area contributed by atoms with Crippen LogP contribution in [0.2, 0.25) is 0 Å². The Morgan fingerprint density at radius 1 is 0.943 bits per heavy atom. The molecule has 0 bridgehead atoms. The highest BCUT2D eigenvalue weighted by Gasteiger charge is 2.11. The van der Waals surface area contributed by atoms with E-state index in [0.717, 1.165) is 35.9 Å². The van der Waals surface area contributed by atoms with Gasteiger partial charge in [-0.05, 0) is 85.6 Å². The third-order valence-electron chi connectivity index (χ3n) is 6.13. The molecule has 2 aromatic carbocycles. The summed E-state index contributed by atoms with van der Waals surface area (Å²) in [5.41, 5.74) is 1.82. The van der Waals surface area contributed by atoms with Gasteiger partial charge in [0.15, 0.2) is 11.5 Å². The lowest BCUT2D eigenvalue weighted by Crippen LogP contribution is -2.31. The number of nitrogens with one attached hydrogen (secondary N) is 2. The summed E-state index contributed by atoms with van der Waals surface area (Å²) in [5, 5.41) is 9.94. The van der Waals surface area contributed by atoms with Gasteiger partial charge in [0.05, 0.1) is 13.7 Å². The van der Waals surface area contributed by atoms with Gasteiger partial charge >= 0.3 is 0 Å². The molecule has 182 valence electrons. The molecular weight excluding hydrogens is 458 g/mol. The fourth-order valence-corrected chi connectivity index (χ4v) is 5.10.